The van der Waals surface area contributed by atoms with Crippen LogP contribution in [0.3, 0.4) is 0 Å². The lowest BCUT2D eigenvalue weighted by atomic mass is 10.2. The summed E-state index contributed by atoms with van der Waals surface area (Å²) >= 11 is 5.86. The Hall–Kier alpha value is -1.62. The van der Waals surface area contributed by atoms with Gasteiger partial charge < -0.3 is 15.2 Å². The van der Waals surface area contributed by atoms with E-state index < -0.39 is 6.09 Å². The number of phenols is 1. The number of nitrogens with one attached hydrogen (secondary N) is 2. The highest BCUT2D eigenvalue weighted by molar-refractivity contribution is 6.33. The van der Waals surface area contributed by atoms with Gasteiger partial charge in [0.05, 0.1) is 23.5 Å². The minimum atomic E-state index is -0.668. The first kappa shape index (κ1) is 11.5. The van der Waals surface area contributed by atoms with Gasteiger partial charge in [-0.3, -0.25) is 5.32 Å². The van der Waals surface area contributed by atoms with Crippen molar-refractivity contribution in [2.75, 3.05) is 24.8 Å². The lowest BCUT2D eigenvalue weighted by Gasteiger charge is -2.09. The molecule has 1 rings (SSSR count). The molecule has 0 unspecified atom stereocenters. The van der Waals surface area contributed by atoms with Crippen LogP contribution in [0.5, 0.6) is 5.75 Å². The lowest BCUT2D eigenvalue weighted by Crippen LogP contribution is -2.11. The molecule has 0 aliphatic rings. The average Bonchev–Trinajstić information content (AvgIpc) is 2.22. The molecule has 0 heterocycles. The fraction of sp³-hybridized carbons (Fsp3) is 0.222. The molecule has 1 aromatic rings. The van der Waals surface area contributed by atoms with Gasteiger partial charge >= 0.3 is 6.09 Å². The van der Waals surface area contributed by atoms with Crippen molar-refractivity contribution in [3.8, 4) is 5.75 Å². The van der Waals surface area contributed by atoms with Crippen LogP contribution in [-0.4, -0.2) is 25.4 Å². The summed E-state index contributed by atoms with van der Waals surface area (Å²) in [5.41, 5.74) is 0.774. The summed E-state index contributed by atoms with van der Waals surface area (Å²) in [6.07, 6.45) is -0.668. The molecule has 6 heteroatoms. The van der Waals surface area contributed by atoms with Gasteiger partial charge in [-0.25, -0.2) is 4.79 Å². The number of aromatic hydroxyl groups is 1. The van der Waals surface area contributed by atoms with Gasteiger partial charge in [0, 0.05) is 13.1 Å². The number of rotatable bonds is 2. The quantitative estimate of drug-likeness (QED) is 0.682. The Morgan fingerprint density at radius 3 is 2.67 bits per heavy atom. The molecule has 1 amide bonds. The van der Waals surface area contributed by atoms with Crippen LogP contribution in [0.4, 0.5) is 16.2 Å². The van der Waals surface area contributed by atoms with E-state index in [-0.39, 0.29) is 11.4 Å². The molecule has 1 aromatic carbocycles. The van der Waals surface area contributed by atoms with Crippen molar-refractivity contribution >= 4 is 29.1 Å². The molecule has 0 radical (unpaired) electrons. The number of anilines is 2. The van der Waals surface area contributed by atoms with E-state index >= 15 is 0 Å². The number of carbonyl (C=O) groups is 1. The van der Waals surface area contributed by atoms with Gasteiger partial charge in [0.15, 0.2) is 0 Å². The molecule has 5 nitrogen and oxygen atoms in total. The molecule has 82 valence electrons. The van der Waals surface area contributed by atoms with Crippen LogP contribution in [0.15, 0.2) is 12.1 Å². The predicted octanol–water partition coefficient (Wildman–Crippen LogP) is 2.27. The van der Waals surface area contributed by atoms with E-state index in [1.165, 1.54) is 19.2 Å². The molecule has 0 bridgehead atoms. The van der Waals surface area contributed by atoms with Crippen molar-refractivity contribution < 1.29 is 14.6 Å². The van der Waals surface area contributed by atoms with Crippen LogP contribution in [0.25, 0.3) is 0 Å². The Bertz CT molecular complexity index is 382. The summed E-state index contributed by atoms with van der Waals surface area (Å²) < 4.78 is 4.39. The number of carbonyl (C=O) groups excluding carboxylic acids is 1. The van der Waals surface area contributed by atoms with Crippen LogP contribution < -0.4 is 10.6 Å². The van der Waals surface area contributed by atoms with E-state index in [0.717, 1.165) is 0 Å². The molecule has 15 heavy (non-hydrogen) atoms. The minimum absolute atomic E-state index is 0.0887. The molecular formula is C9H11ClN2O3. The SMILES string of the molecule is CNc1cc(O)c(NC(=O)OC)cc1Cl. The van der Waals surface area contributed by atoms with Crippen molar-refractivity contribution in [3.05, 3.63) is 17.2 Å². The summed E-state index contributed by atoms with van der Waals surface area (Å²) in [6.45, 7) is 0. The summed E-state index contributed by atoms with van der Waals surface area (Å²) in [6, 6.07) is 2.84. The third-order valence-electron chi connectivity index (χ3n) is 1.78. The molecule has 0 spiro atoms. The van der Waals surface area contributed by atoms with Crippen LogP contribution in [-0.2, 0) is 4.74 Å². The maximum absolute atomic E-state index is 10.9. The third kappa shape index (κ3) is 2.66. The fourth-order valence-corrected chi connectivity index (χ4v) is 1.27. The maximum Gasteiger partial charge on any atom is 0.411 e. The first-order valence-corrected chi connectivity index (χ1v) is 4.51. The second kappa shape index (κ2) is 4.75. The number of ether oxygens (including phenoxy) is 1. The number of phenolic OH excluding ortho intramolecular Hbond substituents is 1. The Morgan fingerprint density at radius 1 is 1.47 bits per heavy atom. The summed E-state index contributed by atoms with van der Waals surface area (Å²) in [4.78, 5) is 10.9. The zero-order valence-electron chi connectivity index (χ0n) is 8.30. The summed E-state index contributed by atoms with van der Waals surface area (Å²) in [7, 11) is 2.91. The van der Waals surface area contributed by atoms with Gasteiger partial charge in [-0.2, -0.15) is 0 Å². The Kier molecular flexibility index (Phi) is 3.62. The van der Waals surface area contributed by atoms with Gasteiger partial charge in [0.1, 0.15) is 5.75 Å². The molecule has 0 aliphatic carbocycles. The van der Waals surface area contributed by atoms with Gasteiger partial charge in [0.25, 0.3) is 0 Å². The van der Waals surface area contributed by atoms with Gasteiger partial charge in [0.2, 0.25) is 0 Å². The van der Waals surface area contributed by atoms with Crippen molar-refractivity contribution in [1.29, 1.82) is 0 Å². The molecule has 0 aliphatic heterocycles. The number of hydrogen-bond acceptors (Lipinski definition) is 4. The van der Waals surface area contributed by atoms with Crippen LogP contribution in [0.2, 0.25) is 5.02 Å². The molecule has 3 N–H and O–H groups in total. The molecular weight excluding hydrogens is 220 g/mol. The Balaban J connectivity index is 3.00. The van der Waals surface area contributed by atoms with Crippen LogP contribution in [0.1, 0.15) is 0 Å². The topological polar surface area (TPSA) is 70.6 Å². The lowest BCUT2D eigenvalue weighted by molar-refractivity contribution is 0.187. The Labute approximate surface area is 92.0 Å². The highest BCUT2D eigenvalue weighted by Crippen LogP contribution is 2.33. The predicted molar refractivity (Wildman–Crippen MR) is 58.7 cm³/mol. The zero-order valence-corrected chi connectivity index (χ0v) is 9.05. The van der Waals surface area contributed by atoms with E-state index in [4.69, 9.17) is 11.6 Å². The van der Waals surface area contributed by atoms with Gasteiger partial charge in [-0.1, -0.05) is 11.6 Å². The maximum atomic E-state index is 10.9. The van der Waals surface area contributed by atoms with Crippen molar-refractivity contribution in [2.45, 2.75) is 0 Å². The highest BCUT2D eigenvalue weighted by atomic mass is 35.5. The number of methoxy groups -OCH3 is 1. The second-order valence-corrected chi connectivity index (χ2v) is 3.12. The summed E-state index contributed by atoms with van der Waals surface area (Å²) in [5, 5.41) is 15.0. The van der Waals surface area contributed by atoms with Gasteiger partial charge in [-0.15, -0.1) is 0 Å². The highest BCUT2D eigenvalue weighted by Gasteiger charge is 2.09. The van der Waals surface area contributed by atoms with E-state index in [1.54, 1.807) is 7.05 Å². The number of amides is 1. The number of halogens is 1. The summed E-state index contributed by atoms with van der Waals surface area (Å²) in [5.74, 6) is -0.0887. The normalized spacial score (nSPS) is 9.53. The largest absolute Gasteiger partial charge is 0.506 e. The third-order valence-corrected chi connectivity index (χ3v) is 2.09. The van der Waals surface area contributed by atoms with Crippen molar-refractivity contribution in [1.82, 2.24) is 0 Å². The average molecular weight is 231 g/mol. The van der Waals surface area contributed by atoms with E-state index in [9.17, 15) is 9.90 Å². The minimum Gasteiger partial charge on any atom is -0.506 e. The molecule has 0 atom stereocenters. The monoisotopic (exact) mass is 230 g/mol. The second-order valence-electron chi connectivity index (χ2n) is 2.72. The van der Waals surface area contributed by atoms with Crippen molar-refractivity contribution in [2.24, 2.45) is 0 Å². The number of hydrogen-bond donors (Lipinski definition) is 3. The van der Waals surface area contributed by atoms with Gasteiger partial charge in [-0.05, 0) is 6.07 Å². The first-order chi connectivity index (χ1) is 7.08. The van der Waals surface area contributed by atoms with Crippen LogP contribution >= 0.6 is 11.6 Å². The van der Waals surface area contributed by atoms with Crippen LogP contribution in [0, 0.1) is 0 Å². The molecule has 0 saturated carbocycles. The molecule has 0 saturated heterocycles. The molecule has 0 aromatic heterocycles. The van der Waals surface area contributed by atoms with Crippen molar-refractivity contribution in [3.63, 3.8) is 0 Å². The molecule has 0 fully saturated rings. The Morgan fingerprint density at radius 2 is 2.13 bits per heavy atom. The first-order valence-electron chi connectivity index (χ1n) is 4.13. The number of benzene rings is 1. The van der Waals surface area contributed by atoms with E-state index in [1.807, 2.05) is 0 Å². The van der Waals surface area contributed by atoms with E-state index in [2.05, 4.69) is 15.4 Å². The zero-order chi connectivity index (χ0) is 11.4. The standard InChI is InChI=1S/C9H11ClN2O3/c1-11-6-4-8(13)7(3-5(6)10)12-9(14)15-2/h3-4,11,13H,1-2H3,(H,12,14). The van der Waals surface area contributed by atoms with E-state index in [0.29, 0.717) is 10.7 Å². The fourth-order valence-electron chi connectivity index (χ4n) is 1.01. The smallest absolute Gasteiger partial charge is 0.411 e.